The summed E-state index contributed by atoms with van der Waals surface area (Å²) in [5, 5.41) is 0. The molecule has 2 saturated heterocycles. The molecular formula is C31H37Cl2F6N3O3. The van der Waals surface area contributed by atoms with Crippen LogP contribution in [0.1, 0.15) is 40.9 Å². The minimum absolute atomic E-state index is 0. The lowest BCUT2D eigenvalue weighted by Gasteiger charge is -2.41. The molecular weight excluding hydrogens is 647 g/mol. The van der Waals surface area contributed by atoms with Gasteiger partial charge < -0.3 is 14.4 Å². The number of halogens is 8. The first-order valence-corrected chi connectivity index (χ1v) is 13.9. The fourth-order valence-electron chi connectivity index (χ4n) is 5.41. The summed E-state index contributed by atoms with van der Waals surface area (Å²) in [6.07, 6.45) is -9.78. The summed E-state index contributed by atoms with van der Waals surface area (Å²) >= 11 is 0. The SMILES string of the molecule is COc1cccc(CC2CN(CC#CCN3CCOC(C)(C)C3)CCN2C(=O)c2cc(C(F)(F)F)cc(C(F)(F)F)c2)c1.Cl.Cl. The molecule has 0 radical (unpaired) electrons. The molecule has 2 fully saturated rings. The third kappa shape index (κ3) is 10.7. The molecule has 0 bridgehead atoms. The second kappa shape index (κ2) is 15.7. The van der Waals surface area contributed by atoms with Gasteiger partial charge in [0.25, 0.3) is 5.91 Å². The van der Waals surface area contributed by atoms with Gasteiger partial charge in [0.05, 0.1) is 43.5 Å². The molecule has 2 heterocycles. The lowest BCUT2D eigenvalue weighted by atomic mass is 9.99. The van der Waals surface area contributed by atoms with Crippen molar-refractivity contribution in [2.45, 2.75) is 44.3 Å². The standard InChI is InChI=1S/C31H35F6N3O3.2ClH/c1-29(2)21-39(13-14-43-29)10-5-4-9-38-11-12-40(26(20-38)15-22-7-6-8-27(16-22)42-3)28(41)23-17-24(30(32,33)34)19-25(18-23)31(35,36)37;;/h6-8,16-19,26H,9-15,20-21H2,1-3H3;2*1H. The van der Waals surface area contributed by atoms with E-state index in [0.717, 1.165) is 18.7 Å². The van der Waals surface area contributed by atoms with Gasteiger partial charge in [0.2, 0.25) is 0 Å². The number of hydrogen-bond acceptors (Lipinski definition) is 5. The van der Waals surface area contributed by atoms with Crippen LogP contribution < -0.4 is 4.74 Å². The van der Waals surface area contributed by atoms with E-state index in [4.69, 9.17) is 9.47 Å². The van der Waals surface area contributed by atoms with E-state index in [-0.39, 0.29) is 43.0 Å². The van der Waals surface area contributed by atoms with Crippen molar-refractivity contribution < 1.29 is 40.6 Å². The van der Waals surface area contributed by atoms with Gasteiger partial charge in [-0.25, -0.2) is 0 Å². The zero-order chi connectivity index (χ0) is 31.4. The normalized spacial score (nSPS) is 19.0. The van der Waals surface area contributed by atoms with Gasteiger partial charge in [-0.1, -0.05) is 24.0 Å². The van der Waals surface area contributed by atoms with E-state index in [1.165, 1.54) is 12.0 Å². The van der Waals surface area contributed by atoms with Crippen molar-refractivity contribution in [2.24, 2.45) is 0 Å². The second-order valence-electron chi connectivity index (χ2n) is 11.4. The first kappa shape index (κ1) is 38.5. The fraction of sp³-hybridized carbons (Fsp3) is 0.516. The van der Waals surface area contributed by atoms with Gasteiger partial charge >= 0.3 is 12.4 Å². The van der Waals surface area contributed by atoms with Gasteiger partial charge in [-0.2, -0.15) is 26.3 Å². The van der Waals surface area contributed by atoms with Crippen molar-refractivity contribution in [3.8, 4) is 17.6 Å². The summed E-state index contributed by atoms with van der Waals surface area (Å²) in [7, 11) is 1.51. The zero-order valence-electron chi connectivity index (χ0n) is 25.1. The number of hydrogen-bond donors (Lipinski definition) is 0. The van der Waals surface area contributed by atoms with Gasteiger partial charge in [-0.05, 0) is 56.2 Å². The summed E-state index contributed by atoms with van der Waals surface area (Å²) in [6, 6.07) is 7.64. The third-order valence-electron chi connectivity index (χ3n) is 7.50. The molecule has 6 nitrogen and oxygen atoms in total. The van der Waals surface area contributed by atoms with E-state index >= 15 is 0 Å². The predicted molar refractivity (Wildman–Crippen MR) is 163 cm³/mol. The van der Waals surface area contributed by atoms with Crippen LogP contribution in [0.25, 0.3) is 0 Å². The van der Waals surface area contributed by atoms with Crippen LogP contribution in [0, 0.1) is 11.8 Å². The van der Waals surface area contributed by atoms with Crippen molar-refractivity contribution in [2.75, 3.05) is 59.5 Å². The number of methoxy groups -OCH3 is 1. The highest BCUT2D eigenvalue weighted by Crippen LogP contribution is 2.37. The van der Waals surface area contributed by atoms with Gasteiger partial charge in [0.1, 0.15) is 5.75 Å². The Morgan fingerprint density at radius 1 is 0.933 bits per heavy atom. The number of carbonyl (C=O) groups excluding carboxylic acids is 1. The maximum absolute atomic E-state index is 13.6. The summed E-state index contributed by atoms with van der Waals surface area (Å²) in [6.45, 7) is 8.04. The second-order valence-corrected chi connectivity index (χ2v) is 11.4. The molecule has 14 heteroatoms. The largest absolute Gasteiger partial charge is 0.497 e. The van der Waals surface area contributed by atoms with Crippen LogP contribution in [-0.2, 0) is 23.5 Å². The predicted octanol–water partition coefficient (Wildman–Crippen LogP) is 6.06. The van der Waals surface area contributed by atoms with E-state index in [0.29, 0.717) is 57.1 Å². The smallest absolute Gasteiger partial charge is 0.416 e. The number of benzene rings is 2. The van der Waals surface area contributed by atoms with Gasteiger partial charge in [-0.3, -0.25) is 14.6 Å². The number of ether oxygens (including phenoxy) is 2. The molecule has 1 unspecified atom stereocenters. The summed E-state index contributed by atoms with van der Waals surface area (Å²) in [5.41, 5.74) is -3.12. The maximum Gasteiger partial charge on any atom is 0.416 e. The maximum atomic E-state index is 13.6. The first-order valence-electron chi connectivity index (χ1n) is 13.9. The number of morpholine rings is 1. The van der Waals surface area contributed by atoms with Crippen LogP contribution in [0.3, 0.4) is 0 Å². The molecule has 0 aromatic heterocycles. The highest BCUT2D eigenvalue weighted by molar-refractivity contribution is 5.95. The number of amides is 1. The van der Waals surface area contributed by atoms with Gasteiger partial charge in [-0.15, -0.1) is 24.8 Å². The van der Waals surface area contributed by atoms with E-state index in [2.05, 4.69) is 16.7 Å². The minimum atomic E-state index is -5.05. The van der Waals surface area contributed by atoms with Crippen LogP contribution in [0.5, 0.6) is 5.75 Å². The van der Waals surface area contributed by atoms with Crippen LogP contribution >= 0.6 is 24.8 Å². The Balaban J connectivity index is 0.00000353. The fourth-order valence-corrected chi connectivity index (χ4v) is 5.41. The molecule has 1 amide bonds. The number of piperazine rings is 1. The molecule has 2 aliphatic heterocycles. The molecule has 1 atom stereocenters. The number of carbonyl (C=O) groups is 1. The number of rotatable bonds is 6. The van der Waals surface area contributed by atoms with Crippen LogP contribution in [0.2, 0.25) is 0 Å². The minimum Gasteiger partial charge on any atom is -0.497 e. The van der Waals surface area contributed by atoms with Crippen molar-refractivity contribution >= 4 is 30.7 Å². The lowest BCUT2D eigenvalue weighted by Crippen LogP contribution is -2.56. The molecule has 45 heavy (non-hydrogen) atoms. The molecule has 2 aromatic carbocycles. The topological polar surface area (TPSA) is 45.2 Å². The molecule has 2 aliphatic rings. The van der Waals surface area contributed by atoms with Crippen molar-refractivity contribution in [3.63, 3.8) is 0 Å². The van der Waals surface area contributed by atoms with Crippen molar-refractivity contribution in [1.29, 1.82) is 0 Å². The molecule has 4 rings (SSSR count). The molecule has 250 valence electrons. The van der Waals surface area contributed by atoms with Gasteiger partial charge in [0.15, 0.2) is 0 Å². The lowest BCUT2D eigenvalue weighted by molar-refractivity contribution is -0.143. The van der Waals surface area contributed by atoms with E-state index < -0.39 is 41.0 Å². The van der Waals surface area contributed by atoms with Gasteiger partial charge in [0, 0.05) is 44.3 Å². The van der Waals surface area contributed by atoms with E-state index in [9.17, 15) is 31.1 Å². The Labute approximate surface area is 271 Å². The van der Waals surface area contributed by atoms with Crippen molar-refractivity contribution in [3.05, 3.63) is 64.7 Å². The summed E-state index contributed by atoms with van der Waals surface area (Å²) in [4.78, 5) is 19.2. The Bertz CT molecular complexity index is 1330. The Kier molecular flexibility index (Phi) is 13.5. The first-order chi connectivity index (χ1) is 20.1. The third-order valence-corrected chi connectivity index (χ3v) is 7.50. The molecule has 2 aromatic rings. The van der Waals surface area contributed by atoms with Crippen LogP contribution in [0.4, 0.5) is 26.3 Å². The average molecular weight is 685 g/mol. The quantitative estimate of drug-likeness (QED) is 0.274. The molecule has 0 spiro atoms. The average Bonchev–Trinajstić information content (AvgIpc) is 2.93. The number of nitrogens with zero attached hydrogens (tertiary/aromatic N) is 3. The van der Waals surface area contributed by atoms with Crippen LogP contribution in [-0.4, -0.2) is 91.8 Å². The zero-order valence-corrected chi connectivity index (χ0v) is 26.8. The highest BCUT2D eigenvalue weighted by Gasteiger charge is 2.39. The Morgan fingerprint density at radius 3 is 2.13 bits per heavy atom. The molecule has 0 saturated carbocycles. The summed E-state index contributed by atoms with van der Waals surface area (Å²) in [5.74, 6) is 6.07. The van der Waals surface area contributed by atoms with Crippen molar-refractivity contribution in [1.82, 2.24) is 14.7 Å². The Morgan fingerprint density at radius 2 is 1.56 bits per heavy atom. The Hall–Kier alpha value is -2.69. The highest BCUT2D eigenvalue weighted by atomic mass is 35.5. The summed E-state index contributed by atoms with van der Waals surface area (Å²) < 4.78 is 92.0. The monoisotopic (exact) mass is 683 g/mol. The molecule has 0 N–H and O–H groups in total. The van der Waals surface area contributed by atoms with E-state index in [1.54, 1.807) is 18.2 Å². The van der Waals surface area contributed by atoms with E-state index in [1.807, 2.05) is 24.8 Å². The molecule has 0 aliphatic carbocycles. The van der Waals surface area contributed by atoms with Crippen LogP contribution in [0.15, 0.2) is 42.5 Å². The number of alkyl halides is 6.